The third-order valence-corrected chi connectivity index (χ3v) is 5.71. The number of phenols is 1. The van der Waals surface area contributed by atoms with Crippen molar-refractivity contribution >= 4 is 18.3 Å². The van der Waals surface area contributed by atoms with E-state index in [1.807, 2.05) is 6.07 Å². The number of amides is 1. The van der Waals surface area contributed by atoms with Crippen LogP contribution in [0.1, 0.15) is 70.1 Å². The average molecular weight is 447 g/mol. The Morgan fingerprint density at radius 1 is 1.00 bits per heavy atom. The quantitative estimate of drug-likeness (QED) is 0.446. The Kier molecular flexibility index (Phi) is 11.7. The van der Waals surface area contributed by atoms with Crippen LogP contribution in [-0.4, -0.2) is 41.1 Å². The van der Waals surface area contributed by atoms with E-state index in [0.29, 0.717) is 24.4 Å². The summed E-state index contributed by atoms with van der Waals surface area (Å²) in [6.45, 7) is 12.2. The van der Waals surface area contributed by atoms with Gasteiger partial charge in [0.05, 0.1) is 0 Å². The molecule has 0 saturated heterocycles. The second-order valence-electron chi connectivity index (χ2n) is 8.65. The number of benzene rings is 2. The van der Waals surface area contributed by atoms with Crippen LogP contribution in [0.4, 0.5) is 0 Å². The number of aromatic hydroxyl groups is 1. The first-order valence-corrected chi connectivity index (χ1v) is 11.2. The Hall–Kier alpha value is -2.04. The number of halogens is 1. The number of rotatable bonds is 11. The maximum absolute atomic E-state index is 11.1. The maximum Gasteiger partial charge on any atom is 0.216 e. The number of nitrogens with zero attached hydrogens (tertiary/aromatic N) is 1. The highest BCUT2D eigenvalue weighted by Crippen LogP contribution is 2.32. The summed E-state index contributed by atoms with van der Waals surface area (Å²) in [5, 5.41) is 13.2. The van der Waals surface area contributed by atoms with Gasteiger partial charge in [-0.2, -0.15) is 0 Å². The summed E-state index contributed by atoms with van der Waals surface area (Å²) in [5.74, 6) is 0.595. The van der Waals surface area contributed by atoms with E-state index in [1.54, 1.807) is 0 Å². The van der Waals surface area contributed by atoms with Gasteiger partial charge in [0, 0.05) is 31.5 Å². The number of carbonyl (C=O) groups is 1. The second-order valence-corrected chi connectivity index (χ2v) is 8.65. The molecule has 2 aromatic rings. The lowest BCUT2D eigenvalue weighted by Gasteiger charge is -2.32. The van der Waals surface area contributed by atoms with E-state index in [2.05, 4.69) is 80.4 Å². The zero-order valence-electron chi connectivity index (χ0n) is 19.6. The maximum atomic E-state index is 11.1. The third kappa shape index (κ3) is 8.54. The molecule has 0 unspecified atom stereocenters. The van der Waals surface area contributed by atoms with Gasteiger partial charge in [0.25, 0.3) is 0 Å². The number of carbonyl (C=O) groups excluding carboxylic acids is 1. The zero-order chi connectivity index (χ0) is 22.1. The van der Waals surface area contributed by atoms with Gasteiger partial charge >= 0.3 is 0 Å². The van der Waals surface area contributed by atoms with E-state index in [9.17, 15) is 9.90 Å². The van der Waals surface area contributed by atoms with Crippen LogP contribution in [0.3, 0.4) is 0 Å². The van der Waals surface area contributed by atoms with Crippen LogP contribution in [-0.2, 0) is 11.2 Å². The number of hydrogen-bond donors (Lipinski definition) is 2. The predicted octanol–water partition coefficient (Wildman–Crippen LogP) is 5.52. The van der Waals surface area contributed by atoms with Crippen LogP contribution in [0.2, 0.25) is 0 Å². The molecule has 0 fully saturated rings. The lowest BCUT2D eigenvalue weighted by atomic mass is 9.86. The Morgan fingerprint density at radius 2 is 1.65 bits per heavy atom. The van der Waals surface area contributed by atoms with Gasteiger partial charge < -0.3 is 10.4 Å². The molecule has 5 heteroatoms. The molecule has 0 radical (unpaired) electrons. The van der Waals surface area contributed by atoms with Crippen LogP contribution in [0.15, 0.2) is 48.5 Å². The molecular formula is C26H39ClN2O2. The molecule has 0 aliphatic rings. The van der Waals surface area contributed by atoms with Gasteiger partial charge in [0.2, 0.25) is 5.91 Å². The van der Waals surface area contributed by atoms with E-state index in [4.69, 9.17) is 0 Å². The summed E-state index contributed by atoms with van der Waals surface area (Å²) in [6, 6.07) is 17.7. The van der Waals surface area contributed by atoms with E-state index >= 15 is 0 Å². The first-order valence-electron chi connectivity index (χ1n) is 11.2. The van der Waals surface area contributed by atoms with E-state index in [-0.39, 0.29) is 24.2 Å². The van der Waals surface area contributed by atoms with Crippen molar-refractivity contribution in [2.75, 3.05) is 13.1 Å². The fourth-order valence-electron chi connectivity index (χ4n) is 4.17. The molecule has 0 aliphatic carbocycles. The minimum Gasteiger partial charge on any atom is -0.508 e. The summed E-state index contributed by atoms with van der Waals surface area (Å²) in [4.78, 5) is 13.6. The van der Waals surface area contributed by atoms with Crippen molar-refractivity contribution in [2.24, 2.45) is 0 Å². The van der Waals surface area contributed by atoms with Crippen molar-refractivity contribution in [3.05, 3.63) is 65.2 Å². The van der Waals surface area contributed by atoms with Gasteiger partial charge in [-0.05, 0) is 76.3 Å². The van der Waals surface area contributed by atoms with E-state index in [0.717, 1.165) is 31.4 Å². The zero-order valence-corrected chi connectivity index (χ0v) is 20.4. The van der Waals surface area contributed by atoms with Crippen LogP contribution < -0.4 is 5.32 Å². The SMILES string of the molecule is CC(=O)NCCCc1cc([C@H](CCN(C(C)C)C(C)C)c2ccccc2)ccc1O.Cl. The molecule has 1 amide bonds. The monoisotopic (exact) mass is 446 g/mol. The van der Waals surface area contributed by atoms with Crippen LogP contribution in [0.25, 0.3) is 0 Å². The fourth-order valence-corrected chi connectivity index (χ4v) is 4.17. The molecule has 0 saturated carbocycles. The lowest BCUT2D eigenvalue weighted by molar-refractivity contribution is -0.118. The number of hydrogen-bond acceptors (Lipinski definition) is 3. The van der Waals surface area contributed by atoms with Crippen LogP contribution >= 0.6 is 12.4 Å². The molecule has 2 aromatic carbocycles. The number of nitrogens with one attached hydrogen (secondary N) is 1. The summed E-state index contributed by atoms with van der Waals surface area (Å²) in [6.07, 6.45) is 2.57. The van der Waals surface area contributed by atoms with Crippen LogP contribution in [0, 0.1) is 0 Å². The Bertz CT molecular complexity index is 785. The van der Waals surface area contributed by atoms with Gasteiger partial charge in [0.15, 0.2) is 0 Å². The Balaban J connectivity index is 0.00000480. The van der Waals surface area contributed by atoms with Gasteiger partial charge in [-0.25, -0.2) is 0 Å². The summed E-state index contributed by atoms with van der Waals surface area (Å²) in [5.41, 5.74) is 3.49. The minimum atomic E-state index is -0.0167. The smallest absolute Gasteiger partial charge is 0.216 e. The number of phenolic OH excluding ortho intramolecular Hbond substituents is 1. The van der Waals surface area contributed by atoms with E-state index in [1.165, 1.54) is 18.1 Å². The highest BCUT2D eigenvalue weighted by molar-refractivity contribution is 5.85. The number of aryl methyl sites for hydroxylation is 1. The van der Waals surface area contributed by atoms with Gasteiger partial charge in [-0.3, -0.25) is 9.69 Å². The van der Waals surface area contributed by atoms with Crippen molar-refractivity contribution in [3.8, 4) is 5.75 Å². The van der Waals surface area contributed by atoms with Crippen molar-refractivity contribution in [2.45, 2.75) is 71.9 Å². The predicted molar refractivity (Wildman–Crippen MR) is 132 cm³/mol. The van der Waals surface area contributed by atoms with E-state index < -0.39 is 0 Å². The molecule has 0 aromatic heterocycles. The molecule has 0 bridgehead atoms. The highest BCUT2D eigenvalue weighted by Gasteiger charge is 2.20. The summed E-state index contributed by atoms with van der Waals surface area (Å²) >= 11 is 0. The molecule has 31 heavy (non-hydrogen) atoms. The lowest BCUT2D eigenvalue weighted by Crippen LogP contribution is -2.38. The van der Waals surface area contributed by atoms with Crippen LogP contribution in [0.5, 0.6) is 5.75 Å². The molecular weight excluding hydrogens is 408 g/mol. The molecule has 0 heterocycles. The highest BCUT2D eigenvalue weighted by atomic mass is 35.5. The van der Waals surface area contributed by atoms with Crippen molar-refractivity contribution in [3.63, 3.8) is 0 Å². The molecule has 2 rings (SSSR count). The molecule has 0 spiro atoms. The Labute approximate surface area is 194 Å². The topological polar surface area (TPSA) is 52.6 Å². The largest absolute Gasteiger partial charge is 0.508 e. The first-order chi connectivity index (χ1) is 14.3. The molecule has 0 aliphatic heterocycles. The van der Waals surface area contributed by atoms with Crippen molar-refractivity contribution in [1.82, 2.24) is 10.2 Å². The molecule has 172 valence electrons. The standard InChI is InChI=1S/C26H38N2O2.ClH/c1-19(2)28(20(3)4)17-15-25(22-10-7-6-8-11-22)23-13-14-26(30)24(18-23)12-9-16-27-21(5)29;/h6-8,10-11,13-14,18-20,25,30H,9,12,15-17H2,1-5H3,(H,27,29);1H/t25-;/m1./s1. The molecule has 4 nitrogen and oxygen atoms in total. The van der Waals surface area contributed by atoms with Gasteiger partial charge in [-0.15, -0.1) is 12.4 Å². The van der Waals surface area contributed by atoms with Crippen molar-refractivity contribution in [1.29, 1.82) is 0 Å². The molecule has 2 N–H and O–H groups in total. The average Bonchev–Trinajstić information content (AvgIpc) is 2.70. The normalized spacial score (nSPS) is 12.1. The first kappa shape index (κ1) is 27.0. The Morgan fingerprint density at radius 3 is 2.23 bits per heavy atom. The van der Waals surface area contributed by atoms with Gasteiger partial charge in [-0.1, -0.05) is 42.5 Å². The summed E-state index contributed by atoms with van der Waals surface area (Å²) in [7, 11) is 0. The van der Waals surface area contributed by atoms with Crippen molar-refractivity contribution < 1.29 is 9.90 Å². The van der Waals surface area contributed by atoms with Gasteiger partial charge in [0.1, 0.15) is 5.75 Å². The third-order valence-electron chi connectivity index (χ3n) is 5.71. The second kappa shape index (κ2) is 13.4. The summed E-state index contributed by atoms with van der Waals surface area (Å²) < 4.78 is 0. The fraction of sp³-hybridized carbons (Fsp3) is 0.500. The minimum absolute atomic E-state index is 0. The molecule has 1 atom stereocenters.